The van der Waals surface area contributed by atoms with Crippen molar-refractivity contribution in [1.82, 2.24) is 15.2 Å². The van der Waals surface area contributed by atoms with Crippen molar-refractivity contribution < 1.29 is 34.5 Å². The third-order valence-electron chi connectivity index (χ3n) is 5.89. The monoisotopic (exact) mass is 621 g/mol. The Morgan fingerprint density at radius 3 is 2.70 bits per heavy atom. The molecule has 6 N–H and O–H groups in total. The Hall–Kier alpha value is -3.80. The number of nitrogens with one attached hydrogen (secondary N) is 1. The lowest BCUT2D eigenvalue weighted by Crippen LogP contribution is -2.71. The lowest BCUT2D eigenvalue weighted by Gasteiger charge is -2.49. The molecular formula is C23H19N5O8S4. The molecule has 2 amide bonds. The molecule has 2 aliphatic heterocycles. The van der Waals surface area contributed by atoms with E-state index in [1.165, 1.54) is 65.5 Å². The number of nitrogen functional groups attached to an aromatic ring is 1. The van der Waals surface area contributed by atoms with Crippen molar-refractivity contribution in [3.8, 4) is 11.5 Å². The number of rotatable bonds is 8. The molecule has 5 rings (SSSR count). The number of nitrogens with zero attached hydrogens (tertiary/aromatic N) is 3. The van der Waals surface area contributed by atoms with E-state index in [0.29, 0.717) is 14.5 Å². The van der Waals surface area contributed by atoms with Gasteiger partial charge in [0.25, 0.3) is 11.8 Å². The van der Waals surface area contributed by atoms with Crippen molar-refractivity contribution in [2.75, 3.05) is 24.3 Å². The number of thioether (sulfide) groups is 2. The molecule has 4 heterocycles. The molecule has 0 bridgehead atoms. The molecule has 1 saturated heterocycles. The Morgan fingerprint density at radius 2 is 2.02 bits per heavy atom. The molecule has 1 aromatic carbocycles. The molecule has 0 unspecified atom stereocenters. The maximum Gasteiger partial charge on any atom is 0.352 e. The second-order valence-corrected chi connectivity index (χ2v) is 12.7. The lowest BCUT2D eigenvalue weighted by atomic mass is 10.0. The van der Waals surface area contributed by atoms with Gasteiger partial charge < -0.3 is 31.2 Å². The molecule has 1 fully saturated rings. The topological polar surface area (TPSA) is 205 Å². The lowest BCUT2D eigenvalue weighted by molar-refractivity contribution is -0.150. The van der Waals surface area contributed by atoms with E-state index >= 15 is 0 Å². The Kier molecular flexibility index (Phi) is 7.63. The second-order valence-electron chi connectivity index (χ2n) is 8.37. The first kappa shape index (κ1) is 27.8. The number of thiazole rings is 1. The van der Waals surface area contributed by atoms with Gasteiger partial charge in [0.2, 0.25) is 0 Å². The van der Waals surface area contributed by atoms with E-state index in [0.717, 1.165) is 16.2 Å². The molecule has 0 aliphatic carbocycles. The van der Waals surface area contributed by atoms with E-state index in [9.17, 15) is 34.5 Å². The van der Waals surface area contributed by atoms with Gasteiger partial charge >= 0.3 is 5.97 Å². The highest BCUT2D eigenvalue weighted by Crippen LogP contribution is 2.42. The summed E-state index contributed by atoms with van der Waals surface area (Å²) in [5.41, 5.74) is 5.60. The summed E-state index contributed by atoms with van der Waals surface area (Å²) >= 11 is 4.83. The normalized spacial score (nSPS) is 18.9. The number of oxime groups is 1. The number of fused-ring (bicyclic) bond motifs is 2. The van der Waals surface area contributed by atoms with E-state index in [-0.39, 0.29) is 50.3 Å². The molecule has 2 aromatic heterocycles. The second kappa shape index (κ2) is 11.0. The Bertz CT molecular complexity index is 1680. The summed E-state index contributed by atoms with van der Waals surface area (Å²) in [4.78, 5) is 60.6. The fourth-order valence-corrected chi connectivity index (χ4v) is 8.36. The van der Waals surface area contributed by atoms with Crippen LogP contribution in [-0.4, -0.2) is 78.7 Å². The van der Waals surface area contributed by atoms with Gasteiger partial charge in [-0.1, -0.05) is 5.16 Å². The summed E-state index contributed by atoms with van der Waals surface area (Å²) < 4.78 is 1.03. The SMILES string of the molecule is CO/N=C(/C(=O)N[C@@H]1C(=O)N2C(C(=O)O)=C(CSc3cc(=O)c4cc(O)c(O)cc4s3)CS[C@H]12)c1csc(N)n1. The van der Waals surface area contributed by atoms with Crippen molar-refractivity contribution in [2.45, 2.75) is 15.6 Å². The van der Waals surface area contributed by atoms with E-state index in [2.05, 4.69) is 15.5 Å². The predicted molar refractivity (Wildman–Crippen MR) is 152 cm³/mol. The van der Waals surface area contributed by atoms with Gasteiger partial charge in [0.05, 0.1) is 4.21 Å². The van der Waals surface area contributed by atoms with Crippen molar-refractivity contribution in [2.24, 2.45) is 5.16 Å². The number of hydrogen-bond acceptors (Lipinski definition) is 14. The molecule has 0 saturated carbocycles. The van der Waals surface area contributed by atoms with Crippen LogP contribution in [-0.2, 0) is 19.2 Å². The molecule has 13 nitrogen and oxygen atoms in total. The number of hydrogen-bond donors (Lipinski definition) is 5. The maximum atomic E-state index is 13.0. The maximum absolute atomic E-state index is 13.0. The van der Waals surface area contributed by atoms with Crippen LogP contribution >= 0.6 is 46.2 Å². The van der Waals surface area contributed by atoms with Crippen LogP contribution in [0.1, 0.15) is 5.69 Å². The van der Waals surface area contributed by atoms with Crippen molar-refractivity contribution in [1.29, 1.82) is 0 Å². The van der Waals surface area contributed by atoms with Crippen molar-refractivity contribution in [3.05, 3.63) is 50.8 Å². The summed E-state index contributed by atoms with van der Waals surface area (Å²) in [6.45, 7) is 0. The summed E-state index contributed by atoms with van der Waals surface area (Å²) in [7, 11) is 1.25. The first-order valence-corrected chi connectivity index (χ1v) is 15.0. The summed E-state index contributed by atoms with van der Waals surface area (Å²) in [6, 6.07) is 2.88. The quantitative estimate of drug-likeness (QED) is 0.0800. The molecule has 40 heavy (non-hydrogen) atoms. The summed E-state index contributed by atoms with van der Waals surface area (Å²) in [6.07, 6.45) is 0. The molecule has 17 heteroatoms. The molecule has 0 radical (unpaired) electrons. The standard InChI is InChI=1S/C23H19N5O8S4/c1-36-27-16(10-7-39-23(24)25-10)19(32)26-17-20(33)28-18(22(34)35)8(6-38-21(17)28)5-37-15-4-11(29)9-2-12(30)13(31)3-14(9)40-15/h2-4,7,17,21,30-31H,5-6H2,1H3,(H2,24,25)(H,26,32)(H,34,35)/b27-16+/t17-,21-/m1/s1. The highest BCUT2D eigenvalue weighted by molar-refractivity contribution is 8.02. The van der Waals surface area contributed by atoms with Crippen molar-refractivity contribution in [3.63, 3.8) is 0 Å². The number of amides is 2. The largest absolute Gasteiger partial charge is 0.504 e. The fraction of sp³-hybridized carbons (Fsp3) is 0.217. The van der Waals surface area contributed by atoms with Crippen molar-refractivity contribution >= 4 is 84.9 Å². The predicted octanol–water partition coefficient (Wildman–Crippen LogP) is 1.59. The van der Waals surface area contributed by atoms with Gasteiger partial charge in [0, 0.05) is 39.1 Å². The molecule has 208 valence electrons. The van der Waals surface area contributed by atoms with Gasteiger partial charge in [-0.2, -0.15) is 0 Å². The van der Waals surface area contributed by atoms with Gasteiger partial charge in [0.15, 0.2) is 27.8 Å². The Balaban J connectivity index is 1.33. The average molecular weight is 622 g/mol. The van der Waals surface area contributed by atoms with E-state index in [4.69, 9.17) is 10.6 Å². The number of anilines is 1. The number of carboxylic acid groups (broad SMARTS) is 1. The smallest absolute Gasteiger partial charge is 0.352 e. The number of phenols is 2. The minimum absolute atomic E-state index is 0.166. The van der Waals surface area contributed by atoms with Gasteiger partial charge in [-0.05, 0) is 11.6 Å². The number of carboxylic acids is 1. The van der Waals surface area contributed by atoms with Crippen LogP contribution in [0.25, 0.3) is 10.1 Å². The average Bonchev–Trinajstić information content (AvgIpc) is 3.35. The van der Waals surface area contributed by atoms with Crippen LogP contribution in [0.3, 0.4) is 0 Å². The molecule has 2 atom stereocenters. The number of benzene rings is 1. The fourth-order valence-electron chi connectivity index (χ4n) is 4.08. The number of nitrogens with two attached hydrogens (primary N) is 1. The Morgan fingerprint density at radius 1 is 1.27 bits per heavy atom. The van der Waals surface area contributed by atoms with E-state index < -0.39 is 34.9 Å². The number of carbonyl (C=O) groups is 3. The minimum Gasteiger partial charge on any atom is -0.504 e. The van der Waals surface area contributed by atoms with Crippen LogP contribution < -0.4 is 16.5 Å². The van der Waals surface area contributed by atoms with Gasteiger partial charge in [-0.15, -0.1) is 46.2 Å². The van der Waals surface area contributed by atoms with Gasteiger partial charge in [0.1, 0.15) is 29.9 Å². The number of β-lactam (4-membered cyclic amide) rings is 1. The summed E-state index contributed by atoms with van der Waals surface area (Å²) in [5, 5.41) is 37.1. The molecular weight excluding hydrogens is 603 g/mol. The third-order valence-corrected chi connectivity index (χ3v) is 10.3. The number of aliphatic carboxylic acids is 1. The summed E-state index contributed by atoms with van der Waals surface area (Å²) in [5.74, 6) is -2.90. The van der Waals surface area contributed by atoms with Gasteiger partial charge in [-0.25, -0.2) is 9.78 Å². The Labute approximate surface area is 241 Å². The van der Waals surface area contributed by atoms with Gasteiger partial charge in [-0.3, -0.25) is 19.3 Å². The first-order valence-electron chi connectivity index (χ1n) is 11.2. The zero-order chi connectivity index (χ0) is 28.7. The van der Waals surface area contributed by atoms with Crippen LogP contribution in [0.5, 0.6) is 11.5 Å². The van der Waals surface area contributed by atoms with Crippen LogP contribution in [0.4, 0.5) is 5.13 Å². The first-order chi connectivity index (χ1) is 19.1. The van der Waals surface area contributed by atoms with Crippen LogP contribution in [0.15, 0.2) is 49.0 Å². The number of phenolic OH excluding ortho intramolecular Hbond substituents is 2. The third kappa shape index (κ3) is 5.07. The highest BCUT2D eigenvalue weighted by atomic mass is 32.2. The molecule has 2 aliphatic rings. The molecule has 3 aromatic rings. The zero-order valence-electron chi connectivity index (χ0n) is 20.3. The van der Waals surface area contributed by atoms with E-state index in [1.54, 1.807) is 0 Å². The number of aromatic hydroxyl groups is 2. The number of aromatic nitrogens is 1. The number of carbonyl (C=O) groups excluding carboxylic acids is 2. The van der Waals surface area contributed by atoms with Crippen LogP contribution in [0, 0.1) is 0 Å². The minimum atomic E-state index is -1.29. The molecule has 0 spiro atoms. The zero-order valence-corrected chi connectivity index (χ0v) is 23.6. The van der Waals surface area contributed by atoms with Crippen LogP contribution in [0.2, 0.25) is 0 Å². The van der Waals surface area contributed by atoms with E-state index in [1.807, 2.05) is 0 Å². The highest BCUT2D eigenvalue weighted by Gasteiger charge is 2.54.